The lowest BCUT2D eigenvalue weighted by Crippen LogP contribution is -2.36. The zero-order valence-electron chi connectivity index (χ0n) is 12.3. The summed E-state index contributed by atoms with van der Waals surface area (Å²) in [5.41, 5.74) is 1.86. The third-order valence-corrected chi connectivity index (χ3v) is 3.35. The Morgan fingerprint density at radius 2 is 1.90 bits per heavy atom. The summed E-state index contributed by atoms with van der Waals surface area (Å²) in [6, 6.07) is 7.78. The number of benzene rings is 1. The van der Waals surface area contributed by atoms with Gasteiger partial charge in [0.1, 0.15) is 0 Å². The molecule has 2 rings (SSSR count). The lowest BCUT2D eigenvalue weighted by atomic mass is 10.1. The fourth-order valence-electron chi connectivity index (χ4n) is 2.14. The summed E-state index contributed by atoms with van der Waals surface area (Å²) >= 11 is 0. The van der Waals surface area contributed by atoms with E-state index in [1.165, 1.54) is 0 Å². The molecule has 110 valence electrons. The molecular weight excluding hydrogens is 254 g/mol. The first-order valence-corrected chi connectivity index (χ1v) is 7.02. The van der Waals surface area contributed by atoms with E-state index >= 15 is 0 Å². The standard InChI is InChI=1S/C15H23N3O2/c1-17(2)8-7-16-15(19)13-3-5-14(6-4-13)18-9-11-20-12-10-18/h3-6H,7-12H2,1-2H3,(H,16,19). The Hall–Kier alpha value is -1.59. The predicted octanol–water partition coefficient (Wildman–Crippen LogP) is 0.815. The van der Waals surface area contributed by atoms with E-state index in [0.717, 1.165) is 38.5 Å². The van der Waals surface area contributed by atoms with Crippen LogP contribution in [-0.4, -0.2) is 64.3 Å². The second-order valence-electron chi connectivity index (χ2n) is 5.21. The number of anilines is 1. The Labute approximate surface area is 120 Å². The molecule has 0 spiro atoms. The van der Waals surface area contributed by atoms with E-state index in [1.54, 1.807) is 0 Å². The molecule has 5 heteroatoms. The van der Waals surface area contributed by atoms with Gasteiger partial charge >= 0.3 is 0 Å². The average molecular weight is 277 g/mol. The monoisotopic (exact) mass is 277 g/mol. The van der Waals surface area contributed by atoms with Crippen LogP contribution in [0.1, 0.15) is 10.4 Å². The first kappa shape index (κ1) is 14.8. The minimum Gasteiger partial charge on any atom is -0.378 e. The molecule has 1 saturated heterocycles. The fraction of sp³-hybridized carbons (Fsp3) is 0.533. The van der Waals surface area contributed by atoms with Gasteiger partial charge in [-0.15, -0.1) is 0 Å². The van der Waals surface area contributed by atoms with E-state index < -0.39 is 0 Å². The summed E-state index contributed by atoms with van der Waals surface area (Å²) in [5, 5.41) is 2.92. The average Bonchev–Trinajstić information content (AvgIpc) is 2.48. The number of nitrogens with one attached hydrogen (secondary N) is 1. The van der Waals surface area contributed by atoms with Gasteiger partial charge in [-0.3, -0.25) is 4.79 Å². The molecule has 1 aromatic carbocycles. The molecule has 5 nitrogen and oxygen atoms in total. The molecule has 1 aliphatic rings. The maximum absolute atomic E-state index is 12.0. The number of nitrogens with zero attached hydrogens (tertiary/aromatic N) is 2. The molecule has 1 N–H and O–H groups in total. The van der Waals surface area contributed by atoms with Crippen LogP contribution in [-0.2, 0) is 4.74 Å². The van der Waals surface area contributed by atoms with E-state index in [1.807, 2.05) is 43.3 Å². The Balaban J connectivity index is 1.88. The van der Waals surface area contributed by atoms with Crippen molar-refractivity contribution in [3.63, 3.8) is 0 Å². The summed E-state index contributed by atoms with van der Waals surface area (Å²) in [6.07, 6.45) is 0. The van der Waals surface area contributed by atoms with Crippen LogP contribution in [0.25, 0.3) is 0 Å². The quantitative estimate of drug-likeness (QED) is 0.865. The van der Waals surface area contributed by atoms with Gasteiger partial charge in [-0.1, -0.05) is 0 Å². The number of ether oxygens (including phenoxy) is 1. The number of hydrogen-bond donors (Lipinski definition) is 1. The zero-order chi connectivity index (χ0) is 14.4. The van der Waals surface area contributed by atoms with Gasteiger partial charge in [-0.2, -0.15) is 0 Å². The number of rotatable bonds is 5. The molecule has 0 radical (unpaired) electrons. The summed E-state index contributed by atoms with van der Waals surface area (Å²) < 4.78 is 5.34. The molecule has 0 aromatic heterocycles. The maximum atomic E-state index is 12.0. The molecule has 0 aliphatic carbocycles. The first-order valence-electron chi connectivity index (χ1n) is 7.02. The highest BCUT2D eigenvalue weighted by Gasteiger charge is 2.12. The Kier molecular flexibility index (Phi) is 5.38. The van der Waals surface area contributed by atoms with Crippen molar-refractivity contribution in [3.05, 3.63) is 29.8 Å². The van der Waals surface area contributed by atoms with Gasteiger partial charge in [0.2, 0.25) is 0 Å². The third kappa shape index (κ3) is 4.21. The van der Waals surface area contributed by atoms with E-state index in [2.05, 4.69) is 10.2 Å². The first-order chi connectivity index (χ1) is 9.66. The van der Waals surface area contributed by atoms with Gasteiger partial charge in [-0.05, 0) is 38.4 Å². The van der Waals surface area contributed by atoms with Crippen molar-refractivity contribution >= 4 is 11.6 Å². The highest BCUT2D eigenvalue weighted by atomic mass is 16.5. The van der Waals surface area contributed by atoms with E-state index in [-0.39, 0.29) is 5.91 Å². The largest absolute Gasteiger partial charge is 0.378 e. The van der Waals surface area contributed by atoms with Crippen LogP contribution in [0.15, 0.2) is 24.3 Å². The Morgan fingerprint density at radius 3 is 2.50 bits per heavy atom. The normalized spacial score (nSPS) is 15.4. The topological polar surface area (TPSA) is 44.8 Å². The maximum Gasteiger partial charge on any atom is 0.251 e. The molecule has 0 bridgehead atoms. The fourth-order valence-corrected chi connectivity index (χ4v) is 2.14. The van der Waals surface area contributed by atoms with Crippen molar-refractivity contribution in [3.8, 4) is 0 Å². The van der Waals surface area contributed by atoms with Crippen molar-refractivity contribution in [1.29, 1.82) is 0 Å². The molecule has 1 aliphatic heterocycles. The van der Waals surface area contributed by atoms with Gasteiger partial charge in [0, 0.05) is 37.4 Å². The second-order valence-corrected chi connectivity index (χ2v) is 5.21. The SMILES string of the molecule is CN(C)CCNC(=O)c1ccc(N2CCOCC2)cc1. The second kappa shape index (κ2) is 7.26. The van der Waals surface area contributed by atoms with Crippen LogP contribution in [0, 0.1) is 0 Å². The van der Waals surface area contributed by atoms with Crippen molar-refractivity contribution < 1.29 is 9.53 Å². The van der Waals surface area contributed by atoms with Gasteiger partial charge in [0.25, 0.3) is 5.91 Å². The van der Waals surface area contributed by atoms with Crippen molar-refractivity contribution in [2.24, 2.45) is 0 Å². The third-order valence-electron chi connectivity index (χ3n) is 3.35. The zero-order valence-corrected chi connectivity index (χ0v) is 12.3. The van der Waals surface area contributed by atoms with Crippen LogP contribution < -0.4 is 10.2 Å². The van der Waals surface area contributed by atoms with E-state index in [9.17, 15) is 4.79 Å². The summed E-state index contributed by atoms with van der Waals surface area (Å²) in [5.74, 6) is -0.0135. The molecule has 1 heterocycles. The molecule has 0 atom stereocenters. The van der Waals surface area contributed by atoms with Gasteiger partial charge < -0.3 is 19.9 Å². The van der Waals surface area contributed by atoms with Crippen molar-refractivity contribution in [2.45, 2.75) is 0 Å². The molecule has 1 amide bonds. The number of carbonyl (C=O) groups is 1. The lowest BCUT2D eigenvalue weighted by Gasteiger charge is -2.28. The highest BCUT2D eigenvalue weighted by Crippen LogP contribution is 2.16. The van der Waals surface area contributed by atoms with Gasteiger partial charge in [-0.25, -0.2) is 0 Å². The minimum atomic E-state index is -0.0135. The van der Waals surface area contributed by atoms with Crippen LogP contribution in [0.2, 0.25) is 0 Å². The van der Waals surface area contributed by atoms with E-state index in [4.69, 9.17) is 4.74 Å². The molecule has 0 saturated carbocycles. The minimum absolute atomic E-state index is 0.0135. The van der Waals surface area contributed by atoms with Crippen molar-refractivity contribution in [1.82, 2.24) is 10.2 Å². The number of likely N-dealkylation sites (N-methyl/N-ethyl adjacent to an activating group) is 1. The summed E-state index contributed by atoms with van der Waals surface area (Å²) in [6.45, 7) is 4.87. The van der Waals surface area contributed by atoms with Crippen LogP contribution in [0.3, 0.4) is 0 Å². The van der Waals surface area contributed by atoms with Crippen molar-refractivity contribution in [2.75, 3.05) is 58.4 Å². The smallest absolute Gasteiger partial charge is 0.251 e. The van der Waals surface area contributed by atoms with Crippen LogP contribution >= 0.6 is 0 Å². The molecule has 1 fully saturated rings. The predicted molar refractivity (Wildman–Crippen MR) is 80.4 cm³/mol. The Morgan fingerprint density at radius 1 is 1.25 bits per heavy atom. The molecule has 20 heavy (non-hydrogen) atoms. The number of morpholine rings is 1. The summed E-state index contributed by atoms with van der Waals surface area (Å²) in [7, 11) is 3.98. The molecule has 1 aromatic rings. The Bertz CT molecular complexity index is 425. The highest BCUT2D eigenvalue weighted by molar-refractivity contribution is 5.94. The number of hydrogen-bond acceptors (Lipinski definition) is 4. The summed E-state index contributed by atoms with van der Waals surface area (Å²) in [4.78, 5) is 16.3. The van der Waals surface area contributed by atoms with Crippen LogP contribution in [0.5, 0.6) is 0 Å². The van der Waals surface area contributed by atoms with E-state index in [0.29, 0.717) is 12.1 Å². The lowest BCUT2D eigenvalue weighted by molar-refractivity contribution is 0.0951. The number of carbonyl (C=O) groups excluding carboxylic acids is 1. The molecular formula is C15H23N3O2. The van der Waals surface area contributed by atoms with Gasteiger partial charge in [0.05, 0.1) is 13.2 Å². The molecule has 0 unspecified atom stereocenters. The number of amides is 1. The van der Waals surface area contributed by atoms with Crippen LogP contribution in [0.4, 0.5) is 5.69 Å². The van der Waals surface area contributed by atoms with Gasteiger partial charge in [0.15, 0.2) is 0 Å².